The zero-order chi connectivity index (χ0) is 18.8. The number of aromatic amines is 1. The number of halogens is 5. The first-order valence-electron chi connectivity index (χ1n) is 7.68. The zero-order valence-corrected chi connectivity index (χ0v) is 13.3. The Hall–Kier alpha value is -2.90. The Morgan fingerprint density at radius 2 is 1.73 bits per heavy atom. The van der Waals surface area contributed by atoms with Gasteiger partial charge in [-0.15, -0.1) is 0 Å². The Kier molecular flexibility index (Phi) is 4.92. The van der Waals surface area contributed by atoms with Gasteiger partial charge in [-0.05, 0) is 47.9 Å². The number of alkyl halides is 2. The molecule has 136 valence electrons. The lowest BCUT2D eigenvalue weighted by molar-refractivity contribution is -0.131. The summed E-state index contributed by atoms with van der Waals surface area (Å²) >= 11 is 0. The van der Waals surface area contributed by atoms with Gasteiger partial charge in [0.25, 0.3) is 5.91 Å². The van der Waals surface area contributed by atoms with Crippen LogP contribution in [0.25, 0.3) is 22.2 Å². The molecule has 3 rings (SSSR count). The first-order valence-corrected chi connectivity index (χ1v) is 7.68. The van der Waals surface area contributed by atoms with E-state index >= 15 is 0 Å². The van der Waals surface area contributed by atoms with E-state index in [1.807, 2.05) is 0 Å². The molecule has 3 aromatic rings. The van der Waals surface area contributed by atoms with Crippen LogP contribution in [0.1, 0.15) is 5.56 Å². The molecule has 1 heterocycles. The molecule has 1 aromatic heterocycles. The molecule has 3 nitrogen and oxygen atoms in total. The monoisotopic (exact) mass is 368 g/mol. The molecule has 2 aromatic carbocycles. The predicted octanol–water partition coefficient (Wildman–Crippen LogP) is 4.18. The van der Waals surface area contributed by atoms with Gasteiger partial charge in [0.2, 0.25) is 0 Å². The minimum atomic E-state index is -3.15. The highest BCUT2D eigenvalue weighted by Gasteiger charge is 2.19. The van der Waals surface area contributed by atoms with Crippen LogP contribution < -0.4 is 5.32 Å². The van der Waals surface area contributed by atoms with Gasteiger partial charge in [0.1, 0.15) is 17.5 Å². The summed E-state index contributed by atoms with van der Waals surface area (Å²) in [4.78, 5) is 13.8. The van der Waals surface area contributed by atoms with Gasteiger partial charge in [0.05, 0.1) is 5.52 Å². The molecule has 0 aliphatic rings. The summed E-state index contributed by atoms with van der Waals surface area (Å²) in [6, 6.07) is 7.16. The van der Waals surface area contributed by atoms with Crippen LogP contribution in [0.2, 0.25) is 0 Å². The molecule has 8 heteroatoms. The fourth-order valence-electron chi connectivity index (χ4n) is 2.78. The van der Waals surface area contributed by atoms with E-state index in [-0.39, 0.29) is 23.9 Å². The van der Waals surface area contributed by atoms with Gasteiger partial charge < -0.3 is 10.3 Å². The average molecular weight is 368 g/mol. The predicted molar refractivity (Wildman–Crippen MR) is 86.3 cm³/mol. The van der Waals surface area contributed by atoms with Crippen molar-refractivity contribution in [3.63, 3.8) is 0 Å². The lowest BCUT2D eigenvalue weighted by atomic mass is 10.0. The van der Waals surface area contributed by atoms with E-state index in [0.29, 0.717) is 16.8 Å². The third-order valence-corrected chi connectivity index (χ3v) is 3.94. The molecule has 0 spiro atoms. The molecule has 0 bridgehead atoms. The van der Waals surface area contributed by atoms with Crippen LogP contribution in [0.4, 0.5) is 22.0 Å². The number of hydrogen-bond acceptors (Lipinski definition) is 1. The Labute approximate surface area is 144 Å². The third kappa shape index (κ3) is 3.54. The van der Waals surface area contributed by atoms with Crippen molar-refractivity contribution in [1.82, 2.24) is 10.3 Å². The maximum Gasteiger partial charge on any atom is 0.315 e. The Morgan fingerprint density at radius 1 is 1.04 bits per heavy atom. The highest BCUT2D eigenvalue weighted by Crippen LogP contribution is 2.32. The number of H-pyrrole nitrogens is 1. The van der Waals surface area contributed by atoms with Crippen LogP contribution >= 0.6 is 0 Å². The fraction of sp³-hybridized carbons (Fsp3) is 0.167. The SMILES string of the molecule is O=C(NCCc1c(-c2ccc(F)cc2)[nH]c2c(F)cc(F)cc12)C(F)F. The molecule has 2 N–H and O–H groups in total. The molecular weight excluding hydrogens is 355 g/mol. The number of benzene rings is 2. The molecule has 0 atom stereocenters. The van der Waals surface area contributed by atoms with Crippen molar-refractivity contribution in [3.05, 3.63) is 59.4 Å². The number of aromatic nitrogens is 1. The molecule has 0 aliphatic heterocycles. The number of amides is 1. The normalized spacial score (nSPS) is 11.3. The minimum Gasteiger partial charge on any atom is -0.352 e. The summed E-state index contributed by atoms with van der Waals surface area (Å²) in [5.74, 6) is -3.50. The second-order valence-corrected chi connectivity index (χ2v) is 5.64. The van der Waals surface area contributed by atoms with E-state index in [2.05, 4.69) is 10.3 Å². The van der Waals surface area contributed by atoms with Crippen LogP contribution in [0.15, 0.2) is 36.4 Å². The molecule has 0 aliphatic carbocycles. The molecule has 0 unspecified atom stereocenters. The Morgan fingerprint density at radius 3 is 2.38 bits per heavy atom. The molecule has 1 amide bonds. The van der Waals surface area contributed by atoms with Gasteiger partial charge in [-0.25, -0.2) is 13.2 Å². The summed E-state index contributed by atoms with van der Waals surface area (Å²) in [6.45, 7) is -0.150. The van der Waals surface area contributed by atoms with E-state index in [9.17, 15) is 26.7 Å². The number of carbonyl (C=O) groups excluding carboxylic acids is 1. The topological polar surface area (TPSA) is 44.9 Å². The van der Waals surface area contributed by atoms with Crippen molar-refractivity contribution in [1.29, 1.82) is 0 Å². The molecule has 0 saturated carbocycles. The first kappa shape index (κ1) is 17.9. The number of hydrogen-bond donors (Lipinski definition) is 2. The number of fused-ring (bicyclic) bond motifs is 1. The van der Waals surface area contributed by atoms with E-state index < -0.39 is 29.8 Å². The van der Waals surface area contributed by atoms with Gasteiger partial charge >= 0.3 is 6.43 Å². The summed E-state index contributed by atoms with van der Waals surface area (Å²) in [7, 11) is 0. The second kappa shape index (κ2) is 7.15. The molecule has 0 radical (unpaired) electrons. The third-order valence-electron chi connectivity index (χ3n) is 3.94. The van der Waals surface area contributed by atoms with Crippen LogP contribution in [0, 0.1) is 17.5 Å². The highest BCUT2D eigenvalue weighted by molar-refractivity contribution is 5.91. The molecule has 26 heavy (non-hydrogen) atoms. The maximum atomic E-state index is 14.1. The number of carbonyl (C=O) groups is 1. The van der Waals surface area contributed by atoms with Crippen LogP contribution in [0.3, 0.4) is 0 Å². The van der Waals surface area contributed by atoms with Crippen molar-refractivity contribution in [2.24, 2.45) is 0 Å². The highest BCUT2D eigenvalue weighted by atomic mass is 19.3. The van der Waals surface area contributed by atoms with E-state index in [1.165, 1.54) is 24.3 Å². The average Bonchev–Trinajstić information content (AvgIpc) is 2.94. The summed E-state index contributed by atoms with van der Waals surface area (Å²) in [6.07, 6.45) is -3.10. The van der Waals surface area contributed by atoms with Gasteiger partial charge in [-0.1, -0.05) is 0 Å². The van der Waals surface area contributed by atoms with E-state index in [1.54, 1.807) is 0 Å². The van der Waals surface area contributed by atoms with Crippen LogP contribution in [-0.2, 0) is 11.2 Å². The second-order valence-electron chi connectivity index (χ2n) is 5.64. The van der Waals surface area contributed by atoms with Crippen molar-refractivity contribution in [2.75, 3.05) is 6.54 Å². The van der Waals surface area contributed by atoms with Crippen molar-refractivity contribution in [2.45, 2.75) is 12.8 Å². The largest absolute Gasteiger partial charge is 0.352 e. The fourth-order valence-corrected chi connectivity index (χ4v) is 2.78. The number of nitrogens with one attached hydrogen (secondary N) is 2. The van der Waals surface area contributed by atoms with Gasteiger partial charge in [-0.3, -0.25) is 4.79 Å². The van der Waals surface area contributed by atoms with Gasteiger partial charge in [0.15, 0.2) is 0 Å². The molecule has 0 saturated heterocycles. The maximum absolute atomic E-state index is 14.1. The Bertz CT molecular complexity index is 950. The summed E-state index contributed by atoms with van der Waals surface area (Å²) in [5.41, 5.74) is 1.38. The van der Waals surface area contributed by atoms with Crippen molar-refractivity contribution >= 4 is 16.8 Å². The Balaban J connectivity index is 2.03. The van der Waals surface area contributed by atoms with Crippen LogP contribution in [-0.4, -0.2) is 23.9 Å². The van der Waals surface area contributed by atoms with Gasteiger partial charge in [-0.2, -0.15) is 8.78 Å². The number of rotatable bonds is 5. The minimum absolute atomic E-state index is 0.0425. The van der Waals surface area contributed by atoms with E-state index in [4.69, 9.17) is 0 Å². The van der Waals surface area contributed by atoms with Crippen molar-refractivity contribution < 1.29 is 26.7 Å². The standard InChI is InChI=1S/C18H13F5N2O/c19-10-3-1-9(2-4-10)15-12(5-6-24-18(26)17(22)23)13-7-11(20)8-14(21)16(13)25-15/h1-4,7-8,17,25H,5-6H2,(H,24,26). The van der Waals surface area contributed by atoms with E-state index in [0.717, 1.165) is 12.1 Å². The molecular formula is C18H13F5N2O. The van der Waals surface area contributed by atoms with Crippen molar-refractivity contribution in [3.8, 4) is 11.3 Å². The smallest absolute Gasteiger partial charge is 0.315 e. The quantitative estimate of drug-likeness (QED) is 0.652. The van der Waals surface area contributed by atoms with Gasteiger partial charge in [0, 0.05) is 23.7 Å². The lowest BCUT2D eigenvalue weighted by Gasteiger charge is -2.07. The summed E-state index contributed by atoms with van der Waals surface area (Å²) in [5, 5.41) is 2.28. The summed E-state index contributed by atoms with van der Waals surface area (Å²) < 4.78 is 65.4. The zero-order valence-electron chi connectivity index (χ0n) is 13.3. The first-order chi connectivity index (χ1) is 12.4. The van der Waals surface area contributed by atoms with Crippen LogP contribution in [0.5, 0.6) is 0 Å². The lowest BCUT2D eigenvalue weighted by Crippen LogP contribution is -2.31. The molecule has 0 fully saturated rings.